The number of furan rings is 1. The van der Waals surface area contributed by atoms with E-state index in [0.29, 0.717) is 5.76 Å². The quantitative estimate of drug-likeness (QED) is 0.760. The molecule has 0 fully saturated rings. The minimum atomic E-state index is -4.19. The maximum atomic E-state index is 12.4. The third-order valence-electron chi connectivity index (χ3n) is 1.94. The van der Waals surface area contributed by atoms with Crippen LogP contribution in [-0.2, 0) is 11.2 Å². The van der Waals surface area contributed by atoms with Crippen molar-refractivity contribution in [1.29, 1.82) is 0 Å². The van der Waals surface area contributed by atoms with Crippen LogP contribution in [0.1, 0.15) is 5.76 Å². The van der Waals surface area contributed by atoms with Crippen LogP contribution in [0.2, 0.25) is 0 Å². The van der Waals surface area contributed by atoms with E-state index in [1.54, 1.807) is 12.1 Å². The van der Waals surface area contributed by atoms with Gasteiger partial charge in [0.25, 0.3) is 0 Å². The summed E-state index contributed by atoms with van der Waals surface area (Å²) in [7, 11) is 0. The molecule has 0 aliphatic heterocycles. The molecular formula is C10H12F4O3. The van der Waals surface area contributed by atoms with Gasteiger partial charge in [0.15, 0.2) is 0 Å². The van der Waals surface area contributed by atoms with Gasteiger partial charge >= 0.3 is 12.3 Å². The van der Waals surface area contributed by atoms with Crippen molar-refractivity contribution in [3.63, 3.8) is 0 Å². The Morgan fingerprint density at radius 2 is 2.12 bits per heavy atom. The second-order valence-electron chi connectivity index (χ2n) is 3.51. The summed E-state index contributed by atoms with van der Waals surface area (Å²) in [5.74, 6) is -3.73. The van der Waals surface area contributed by atoms with Gasteiger partial charge in [-0.3, -0.25) is 0 Å². The van der Waals surface area contributed by atoms with Crippen LogP contribution in [0.4, 0.5) is 17.6 Å². The Hall–Kier alpha value is -1.08. The zero-order valence-corrected chi connectivity index (χ0v) is 8.78. The zero-order chi connectivity index (χ0) is 12.9. The van der Waals surface area contributed by atoms with Crippen LogP contribution in [0.15, 0.2) is 22.8 Å². The Bertz CT molecular complexity index is 313. The Morgan fingerprint density at radius 1 is 1.41 bits per heavy atom. The first kappa shape index (κ1) is 14.0. The maximum Gasteiger partial charge on any atom is 0.330 e. The standard InChI is InChI=1S/C10H12F4O3/c11-9(12)10(13,14)6-16-5-7(15)4-8-2-1-3-17-8/h1-3,7,9,15H,4-6H2. The minimum absolute atomic E-state index is 0.0766. The topological polar surface area (TPSA) is 42.6 Å². The van der Waals surface area contributed by atoms with Crippen molar-refractivity contribution >= 4 is 0 Å². The molecule has 0 aliphatic carbocycles. The monoisotopic (exact) mass is 256 g/mol. The molecule has 0 saturated heterocycles. The first-order valence-corrected chi connectivity index (χ1v) is 4.86. The van der Waals surface area contributed by atoms with E-state index in [1.165, 1.54) is 6.26 Å². The highest BCUT2D eigenvalue weighted by Gasteiger charge is 2.41. The second kappa shape index (κ2) is 6.02. The number of hydrogen-bond acceptors (Lipinski definition) is 3. The zero-order valence-electron chi connectivity index (χ0n) is 8.78. The van der Waals surface area contributed by atoms with Gasteiger partial charge < -0.3 is 14.3 Å². The second-order valence-corrected chi connectivity index (χ2v) is 3.51. The van der Waals surface area contributed by atoms with Crippen LogP contribution in [0.5, 0.6) is 0 Å². The van der Waals surface area contributed by atoms with Crippen molar-refractivity contribution < 1.29 is 31.8 Å². The van der Waals surface area contributed by atoms with E-state index in [1.807, 2.05) is 0 Å². The van der Waals surface area contributed by atoms with Crippen LogP contribution < -0.4 is 0 Å². The SMILES string of the molecule is OC(COCC(F)(F)C(F)F)Cc1ccco1. The number of halogens is 4. The lowest BCUT2D eigenvalue weighted by molar-refractivity contribution is -0.170. The normalized spacial score (nSPS) is 14.2. The molecule has 98 valence electrons. The molecule has 0 bridgehead atoms. The van der Waals surface area contributed by atoms with E-state index in [0.717, 1.165) is 0 Å². The van der Waals surface area contributed by atoms with E-state index in [2.05, 4.69) is 4.74 Å². The average molecular weight is 256 g/mol. The summed E-state index contributed by atoms with van der Waals surface area (Å²) in [6.45, 7) is -1.87. The van der Waals surface area contributed by atoms with Crippen LogP contribution in [0.3, 0.4) is 0 Å². The average Bonchev–Trinajstić information content (AvgIpc) is 2.69. The highest BCUT2D eigenvalue weighted by atomic mass is 19.3. The van der Waals surface area contributed by atoms with Gasteiger partial charge in [0.1, 0.15) is 12.4 Å². The molecular weight excluding hydrogens is 244 g/mol. The predicted octanol–water partition coefficient (Wildman–Crippen LogP) is 2.10. The largest absolute Gasteiger partial charge is 0.469 e. The third kappa shape index (κ3) is 4.74. The Kier molecular flexibility index (Phi) is 4.95. The number of hydrogen-bond donors (Lipinski definition) is 1. The fourth-order valence-corrected chi connectivity index (χ4v) is 1.11. The van der Waals surface area contributed by atoms with Crippen LogP contribution in [0, 0.1) is 0 Å². The van der Waals surface area contributed by atoms with Crippen molar-refractivity contribution in [2.75, 3.05) is 13.2 Å². The van der Waals surface area contributed by atoms with E-state index in [-0.39, 0.29) is 6.42 Å². The lowest BCUT2D eigenvalue weighted by Crippen LogP contribution is -2.34. The van der Waals surface area contributed by atoms with Crippen LogP contribution >= 0.6 is 0 Å². The molecule has 0 aliphatic rings. The molecule has 1 aromatic rings. The number of aliphatic hydroxyl groups excluding tert-OH is 1. The molecule has 1 heterocycles. The Morgan fingerprint density at radius 3 is 2.65 bits per heavy atom. The summed E-state index contributed by atoms with van der Waals surface area (Å²) in [6.07, 6.45) is -3.37. The van der Waals surface area contributed by atoms with Gasteiger partial charge in [0.05, 0.1) is 19.0 Å². The molecule has 1 atom stereocenters. The summed E-state index contributed by atoms with van der Waals surface area (Å²) < 4.78 is 57.5. The van der Waals surface area contributed by atoms with E-state index < -0.39 is 31.7 Å². The molecule has 1 unspecified atom stereocenters. The van der Waals surface area contributed by atoms with E-state index >= 15 is 0 Å². The molecule has 7 heteroatoms. The van der Waals surface area contributed by atoms with Crippen molar-refractivity contribution in [3.8, 4) is 0 Å². The smallest absolute Gasteiger partial charge is 0.330 e. The van der Waals surface area contributed by atoms with Gasteiger partial charge in [0.2, 0.25) is 0 Å². The van der Waals surface area contributed by atoms with Gasteiger partial charge in [-0.25, -0.2) is 8.78 Å². The van der Waals surface area contributed by atoms with Gasteiger partial charge in [-0.05, 0) is 12.1 Å². The summed E-state index contributed by atoms with van der Waals surface area (Å²) in [4.78, 5) is 0. The molecule has 0 amide bonds. The fourth-order valence-electron chi connectivity index (χ4n) is 1.11. The van der Waals surface area contributed by atoms with Gasteiger partial charge in [-0.15, -0.1) is 0 Å². The van der Waals surface area contributed by atoms with Crippen molar-refractivity contribution in [1.82, 2.24) is 0 Å². The molecule has 0 spiro atoms. The van der Waals surface area contributed by atoms with Crippen molar-refractivity contribution in [2.45, 2.75) is 24.9 Å². The molecule has 0 saturated carbocycles. The Balaban J connectivity index is 2.22. The van der Waals surface area contributed by atoms with Crippen LogP contribution in [-0.4, -0.2) is 36.8 Å². The fraction of sp³-hybridized carbons (Fsp3) is 0.600. The maximum absolute atomic E-state index is 12.4. The molecule has 0 aromatic carbocycles. The first-order valence-electron chi connectivity index (χ1n) is 4.86. The van der Waals surface area contributed by atoms with E-state index in [4.69, 9.17) is 4.42 Å². The lowest BCUT2D eigenvalue weighted by atomic mass is 10.2. The molecule has 3 nitrogen and oxygen atoms in total. The lowest BCUT2D eigenvalue weighted by Gasteiger charge is -2.16. The third-order valence-corrected chi connectivity index (χ3v) is 1.94. The number of ether oxygens (including phenoxy) is 1. The van der Waals surface area contributed by atoms with Gasteiger partial charge in [-0.1, -0.05) is 0 Å². The summed E-state index contributed by atoms with van der Waals surface area (Å²) in [5.41, 5.74) is 0. The molecule has 1 rings (SSSR count). The predicted molar refractivity (Wildman–Crippen MR) is 50.2 cm³/mol. The summed E-state index contributed by atoms with van der Waals surface area (Å²) in [5, 5.41) is 9.34. The molecule has 0 radical (unpaired) electrons. The van der Waals surface area contributed by atoms with Gasteiger partial charge in [0, 0.05) is 6.42 Å². The molecule has 1 N–H and O–H groups in total. The number of aliphatic hydroxyl groups is 1. The first-order chi connectivity index (χ1) is 7.92. The minimum Gasteiger partial charge on any atom is -0.469 e. The number of rotatable bonds is 7. The molecule has 17 heavy (non-hydrogen) atoms. The number of alkyl halides is 4. The van der Waals surface area contributed by atoms with Crippen molar-refractivity contribution in [2.24, 2.45) is 0 Å². The summed E-state index contributed by atoms with van der Waals surface area (Å²) in [6, 6.07) is 3.20. The Labute approximate surface area is 95.0 Å². The van der Waals surface area contributed by atoms with Crippen molar-refractivity contribution in [3.05, 3.63) is 24.2 Å². The van der Waals surface area contributed by atoms with Crippen LogP contribution in [0.25, 0.3) is 0 Å². The molecule has 1 aromatic heterocycles. The summed E-state index contributed by atoms with van der Waals surface area (Å²) >= 11 is 0. The highest BCUT2D eigenvalue weighted by Crippen LogP contribution is 2.22. The van der Waals surface area contributed by atoms with Gasteiger partial charge in [-0.2, -0.15) is 8.78 Å². The van der Waals surface area contributed by atoms with E-state index in [9.17, 15) is 22.7 Å². The highest BCUT2D eigenvalue weighted by molar-refractivity contribution is 4.99.